The average Bonchev–Trinajstić information content (AvgIpc) is 2.82. The van der Waals surface area contributed by atoms with E-state index in [1.165, 1.54) is 4.90 Å². The van der Waals surface area contributed by atoms with E-state index in [1.807, 2.05) is 48.5 Å². The zero-order valence-electron chi connectivity index (χ0n) is 18.9. The number of nitrogens with one attached hydrogen (secondary N) is 1. The summed E-state index contributed by atoms with van der Waals surface area (Å²) in [5.74, 6) is 0.452. The van der Waals surface area contributed by atoms with E-state index in [-0.39, 0.29) is 11.8 Å². The molecule has 2 amide bonds. The largest absolute Gasteiger partial charge is 0.492 e. The fourth-order valence-electron chi connectivity index (χ4n) is 3.33. The van der Waals surface area contributed by atoms with Crippen LogP contribution in [0.5, 0.6) is 5.75 Å². The second-order valence-corrected chi connectivity index (χ2v) is 8.07. The van der Waals surface area contributed by atoms with Crippen LogP contribution in [0.1, 0.15) is 40.1 Å². The summed E-state index contributed by atoms with van der Waals surface area (Å²) in [6.07, 6.45) is 0.740. The average molecular weight is 431 g/mol. The highest BCUT2D eigenvalue weighted by molar-refractivity contribution is 6.11. The lowest BCUT2D eigenvalue weighted by Gasteiger charge is -2.22. The molecule has 0 aromatic heterocycles. The maximum absolute atomic E-state index is 13.3. The normalized spacial score (nSPS) is 10.6. The van der Waals surface area contributed by atoms with Gasteiger partial charge in [0.25, 0.3) is 11.8 Å². The van der Waals surface area contributed by atoms with Crippen molar-refractivity contribution in [2.24, 2.45) is 5.92 Å². The molecule has 166 valence electrons. The predicted octanol–water partition coefficient (Wildman–Crippen LogP) is 4.97. The van der Waals surface area contributed by atoms with Gasteiger partial charge in [0.1, 0.15) is 5.75 Å². The molecule has 0 saturated carbocycles. The maximum atomic E-state index is 13.3. The topological polar surface area (TPSA) is 58.6 Å². The molecule has 5 heteroatoms. The highest BCUT2D eigenvalue weighted by Gasteiger charge is 2.22. The summed E-state index contributed by atoms with van der Waals surface area (Å²) >= 11 is 0. The van der Waals surface area contributed by atoms with E-state index in [0.29, 0.717) is 41.6 Å². The van der Waals surface area contributed by atoms with Crippen molar-refractivity contribution < 1.29 is 14.3 Å². The van der Waals surface area contributed by atoms with E-state index >= 15 is 0 Å². The predicted molar refractivity (Wildman–Crippen MR) is 128 cm³/mol. The number of amides is 2. The van der Waals surface area contributed by atoms with Gasteiger partial charge in [0.05, 0.1) is 23.4 Å². The van der Waals surface area contributed by atoms with Crippen molar-refractivity contribution in [3.05, 3.63) is 95.6 Å². The molecule has 0 aliphatic heterocycles. The van der Waals surface area contributed by atoms with Gasteiger partial charge in [0.15, 0.2) is 0 Å². The smallest absolute Gasteiger partial charge is 0.261 e. The van der Waals surface area contributed by atoms with E-state index in [0.717, 1.165) is 12.0 Å². The Hall–Kier alpha value is -3.60. The fourth-order valence-corrected chi connectivity index (χ4v) is 3.33. The molecule has 1 N–H and O–H groups in total. The van der Waals surface area contributed by atoms with Crippen LogP contribution in [0, 0.1) is 5.92 Å². The first-order chi connectivity index (χ1) is 15.5. The van der Waals surface area contributed by atoms with Gasteiger partial charge in [-0.05, 0) is 42.2 Å². The lowest BCUT2D eigenvalue weighted by atomic mass is 10.1. The molecule has 0 saturated heterocycles. The zero-order valence-corrected chi connectivity index (χ0v) is 18.9. The molecule has 0 unspecified atom stereocenters. The van der Waals surface area contributed by atoms with Gasteiger partial charge in [0.2, 0.25) is 0 Å². The third-order valence-corrected chi connectivity index (χ3v) is 5.05. The van der Waals surface area contributed by atoms with Crippen LogP contribution in [0.25, 0.3) is 0 Å². The fraction of sp³-hybridized carbons (Fsp3) is 0.259. The minimum atomic E-state index is -0.228. The number of carbonyl (C=O) groups excluding carboxylic acids is 2. The first-order valence-corrected chi connectivity index (χ1v) is 10.9. The Bertz CT molecular complexity index is 1050. The molecular formula is C27H30N2O3. The van der Waals surface area contributed by atoms with Crippen LogP contribution in [0.15, 0.2) is 78.9 Å². The Labute approximate surface area is 190 Å². The van der Waals surface area contributed by atoms with Gasteiger partial charge >= 0.3 is 0 Å². The van der Waals surface area contributed by atoms with E-state index < -0.39 is 0 Å². The minimum Gasteiger partial charge on any atom is -0.492 e. The van der Waals surface area contributed by atoms with Crippen LogP contribution in [-0.4, -0.2) is 32.0 Å². The Morgan fingerprint density at radius 2 is 1.50 bits per heavy atom. The summed E-state index contributed by atoms with van der Waals surface area (Å²) < 4.78 is 5.85. The van der Waals surface area contributed by atoms with Crippen molar-refractivity contribution in [3.63, 3.8) is 0 Å². The molecule has 0 bridgehead atoms. The number of para-hydroxylation sites is 2. The molecule has 0 spiro atoms. The van der Waals surface area contributed by atoms with Crippen LogP contribution in [-0.2, 0) is 6.42 Å². The van der Waals surface area contributed by atoms with Crippen molar-refractivity contribution >= 4 is 17.5 Å². The van der Waals surface area contributed by atoms with Crippen molar-refractivity contribution in [1.82, 2.24) is 5.32 Å². The summed E-state index contributed by atoms with van der Waals surface area (Å²) in [4.78, 5) is 27.7. The number of rotatable bonds is 9. The molecule has 0 aliphatic rings. The van der Waals surface area contributed by atoms with Crippen LogP contribution in [0.3, 0.4) is 0 Å². The molecule has 0 heterocycles. The summed E-state index contributed by atoms with van der Waals surface area (Å²) in [6.45, 7) is 5.15. The number of benzene rings is 3. The van der Waals surface area contributed by atoms with E-state index in [4.69, 9.17) is 4.74 Å². The van der Waals surface area contributed by atoms with Crippen LogP contribution in [0.4, 0.5) is 5.69 Å². The van der Waals surface area contributed by atoms with Crippen molar-refractivity contribution in [1.29, 1.82) is 0 Å². The van der Waals surface area contributed by atoms with Gasteiger partial charge in [0, 0.05) is 13.6 Å². The van der Waals surface area contributed by atoms with Gasteiger partial charge < -0.3 is 15.0 Å². The Kier molecular flexibility index (Phi) is 8.03. The molecular weight excluding hydrogens is 400 g/mol. The number of hydrogen-bond donors (Lipinski definition) is 1. The van der Waals surface area contributed by atoms with Crippen LogP contribution >= 0.6 is 0 Å². The number of hydrogen-bond acceptors (Lipinski definition) is 3. The highest BCUT2D eigenvalue weighted by Crippen LogP contribution is 2.25. The molecule has 0 aliphatic carbocycles. The third kappa shape index (κ3) is 5.97. The first-order valence-electron chi connectivity index (χ1n) is 10.9. The van der Waals surface area contributed by atoms with Crippen LogP contribution in [0.2, 0.25) is 0 Å². The Morgan fingerprint density at radius 1 is 0.875 bits per heavy atom. The molecule has 5 nitrogen and oxygen atoms in total. The second-order valence-electron chi connectivity index (χ2n) is 8.07. The quantitative estimate of drug-likeness (QED) is 0.521. The van der Waals surface area contributed by atoms with Gasteiger partial charge in [-0.1, -0.05) is 68.4 Å². The second kappa shape index (κ2) is 11.1. The van der Waals surface area contributed by atoms with Gasteiger partial charge in [-0.15, -0.1) is 0 Å². The van der Waals surface area contributed by atoms with E-state index in [1.54, 1.807) is 37.4 Å². The summed E-state index contributed by atoms with van der Waals surface area (Å²) in [7, 11) is 1.68. The molecule has 3 aromatic rings. The highest BCUT2D eigenvalue weighted by atomic mass is 16.5. The van der Waals surface area contributed by atoms with Gasteiger partial charge in [-0.25, -0.2) is 0 Å². The van der Waals surface area contributed by atoms with Gasteiger partial charge in [-0.3, -0.25) is 9.59 Å². The van der Waals surface area contributed by atoms with E-state index in [2.05, 4.69) is 19.2 Å². The van der Waals surface area contributed by atoms with Gasteiger partial charge in [-0.2, -0.15) is 0 Å². The molecule has 3 rings (SSSR count). The lowest BCUT2D eigenvalue weighted by molar-refractivity contribution is 0.0954. The van der Waals surface area contributed by atoms with Crippen molar-refractivity contribution in [2.45, 2.75) is 20.3 Å². The number of anilines is 1. The standard InChI is InChI=1S/C27H30N2O3/c1-20(2)19-32-25-16-10-8-14-23(25)27(31)29(3)24-15-9-7-13-22(24)26(30)28-18-17-21-11-5-4-6-12-21/h4-16,20H,17-19H2,1-3H3,(H,28,30). The molecule has 0 fully saturated rings. The summed E-state index contributed by atoms with van der Waals surface area (Å²) in [5.41, 5.74) is 2.63. The first kappa shape index (κ1) is 23.1. The third-order valence-electron chi connectivity index (χ3n) is 5.05. The Balaban J connectivity index is 1.74. The summed E-state index contributed by atoms with van der Waals surface area (Å²) in [6, 6.07) is 24.3. The van der Waals surface area contributed by atoms with Crippen molar-refractivity contribution in [3.8, 4) is 5.75 Å². The molecule has 0 radical (unpaired) electrons. The zero-order chi connectivity index (χ0) is 22.9. The Morgan fingerprint density at radius 3 is 2.22 bits per heavy atom. The number of carbonyl (C=O) groups is 2. The molecule has 0 atom stereocenters. The van der Waals surface area contributed by atoms with Crippen LogP contribution < -0.4 is 15.0 Å². The molecule has 32 heavy (non-hydrogen) atoms. The SMILES string of the molecule is CC(C)COc1ccccc1C(=O)N(C)c1ccccc1C(=O)NCCc1ccccc1. The lowest BCUT2D eigenvalue weighted by Crippen LogP contribution is -2.31. The van der Waals surface area contributed by atoms with Crippen molar-refractivity contribution in [2.75, 3.05) is 25.1 Å². The monoisotopic (exact) mass is 430 g/mol. The number of nitrogens with zero attached hydrogens (tertiary/aromatic N) is 1. The summed E-state index contributed by atoms with van der Waals surface area (Å²) in [5, 5.41) is 2.96. The molecule has 3 aromatic carbocycles. The maximum Gasteiger partial charge on any atom is 0.261 e. The van der Waals surface area contributed by atoms with E-state index in [9.17, 15) is 9.59 Å². The number of ether oxygens (including phenoxy) is 1. The minimum absolute atomic E-state index is 0.208.